The third-order valence-electron chi connectivity index (χ3n) is 13.4. The Kier molecular flexibility index (Phi) is 6.78. The molecule has 2 heteroatoms. The van der Waals surface area contributed by atoms with E-state index in [0.717, 1.165) is 33.6 Å². The molecule has 58 heavy (non-hydrogen) atoms. The van der Waals surface area contributed by atoms with Crippen molar-refractivity contribution in [2.45, 2.75) is 38.5 Å². The van der Waals surface area contributed by atoms with Gasteiger partial charge < -0.3 is 9.32 Å². The number of furan rings is 1. The second-order valence-electron chi connectivity index (χ2n) is 17.2. The van der Waals surface area contributed by atoms with E-state index in [2.05, 4.69) is 209 Å². The van der Waals surface area contributed by atoms with Crippen molar-refractivity contribution in [3.05, 3.63) is 198 Å². The summed E-state index contributed by atoms with van der Waals surface area (Å²) in [6.45, 7) is 9.47. The Morgan fingerprint density at radius 1 is 0.397 bits per heavy atom. The average molecular weight is 744 g/mol. The van der Waals surface area contributed by atoms with Gasteiger partial charge in [-0.15, -0.1) is 0 Å². The van der Waals surface area contributed by atoms with Crippen LogP contribution in [0.4, 0.5) is 17.1 Å². The summed E-state index contributed by atoms with van der Waals surface area (Å²) in [7, 11) is 0. The monoisotopic (exact) mass is 743 g/mol. The number of fused-ring (bicyclic) bond motifs is 14. The van der Waals surface area contributed by atoms with E-state index in [4.69, 9.17) is 4.42 Å². The van der Waals surface area contributed by atoms with Gasteiger partial charge in [0.15, 0.2) is 5.58 Å². The number of benzene rings is 9. The van der Waals surface area contributed by atoms with Crippen molar-refractivity contribution in [1.29, 1.82) is 0 Å². The number of hydrogen-bond donors (Lipinski definition) is 0. The molecular weight excluding hydrogens is 703 g/mol. The highest BCUT2D eigenvalue weighted by Gasteiger charge is 2.42. The first-order chi connectivity index (χ1) is 28.3. The minimum Gasteiger partial charge on any atom is -0.453 e. The summed E-state index contributed by atoms with van der Waals surface area (Å²) in [5, 5.41) is 7.29. The molecule has 2 aliphatic carbocycles. The van der Waals surface area contributed by atoms with Gasteiger partial charge >= 0.3 is 0 Å². The molecule has 0 aliphatic heterocycles. The van der Waals surface area contributed by atoms with Gasteiger partial charge in [0.05, 0.1) is 5.69 Å². The molecule has 1 heterocycles. The third kappa shape index (κ3) is 4.38. The van der Waals surface area contributed by atoms with Crippen molar-refractivity contribution in [1.82, 2.24) is 0 Å². The second kappa shape index (κ2) is 11.8. The van der Waals surface area contributed by atoms with Crippen LogP contribution in [-0.4, -0.2) is 0 Å². The van der Waals surface area contributed by atoms with Gasteiger partial charge in [0.2, 0.25) is 0 Å². The average Bonchev–Trinajstić information content (AvgIpc) is 3.85. The number of hydrogen-bond acceptors (Lipinski definition) is 2. The summed E-state index contributed by atoms with van der Waals surface area (Å²) in [6.07, 6.45) is 0. The maximum absolute atomic E-state index is 7.53. The maximum atomic E-state index is 7.53. The van der Waals surface area contributed by atoms with Crippen LogP contribution in [0.15, 0.2) is 180 Å². The summed E-state index contributed by atoms with van der Waals surface area (Å²) in [5.74, 6) is 0. The Morgan fingerprint density at radius 2 is 1.02 bits per heavy atom. The highest BCUT2D eigenvalue weighted by atomic mass is 16.3. The first kappa shape index (κ1) is 33.3. The van der Waals surface area contributed by atoms with Gasteiger partial charge in [0.25, 0.3) is 0 Å². The van der Waals surface area contributed by atoms with Crippen LogP contribution in [0.1, 0.15) is 49.9 Å². The summed E-state index contributed by atoms with van der Waals surface area (Å²) >= 11 is 0. The molecule has 0 atom stereocenters. The van der Waals surface area contributed by atoms with E-state index in [1.165, 1.54) is 82.6 Å². The van der Waals surface area contributed by atoms with Crippen molar-refractivity contribution < 1.29 is 4.42 Å². The Balaban J connectivity index is 1.17. The molecule has 0 amide bonds. The van der Waals surface area contributed by atoms with E-state index < -0.39 is 0 Å². The summed E-state index contributed by atoms with van der Waals surface area (Å²) in [6, 6.07) is 64.7. The number of nitrogens with zero attached hydrogens (tertiary/aromatic N) is 1. The molecule has 0 saturated carbocycles. The first-order valence-corrected chi connectivity index (χ1v) is 20.4. The van der Waals surface area contributed by atoms with Gasteiger partial charge in [-0.2, -0.15) is 0 Å². The molecular formula is C56H41NO. The zero-order chi connectivity index (χ0) is 38.9. The molecule has 0 saturated heterocycles. The predicted molar refractivity (Wildman–Crippen MR) is 244 cm³/mol. The van der Waals surface area contributed by atoms with Crippen LogP contribution in [0.2, 0.25) is 0 Å². The van der Waals surface area contributed by atoms with Crippen LogP contribution in [-0.2, 0) is 10.8 Å². The van der Waals surface area contributed by atoms with E-state index in [-0.39, 0.29) is 10.8 Å². The van der Waals surface area contributed by atoms with Crippen LogP contribution in [0.5, 0.6) is 0 Å². The van der Waals surface area contributed by atoms with Crippen LogP contribution in [0.25, 0.3) is 76.9 Å². The van der Waals surface area contributed by atoms with Crippen molar-refractivity contribution in [2.24, 2.45) is 0 Å². The third-order valence-corrected chi connectivity index (χ3v) is 13.4. The fourth-order valence-corrected chi connectivity index (χ4v) is 10.8. The molecule has 1 aromatic heterocycles. The largest absolute Gasteiger partial charge is 0.453 e. The van der Waals surface area contributed by atoms with Gasteiger partial charge in [-0.25, -0.2) is 0 Å². The molecule has 2 nitrogen and oxygen atoms in total. The fourth-order valence-electron chi connectivity index (χ4n) is 10.8. The van der Waals surface area contributed by atoms with E-state index in [1.807, 2.05) is 0 Å². The minimum absolute atomic E-state index is 0.0722. The summed E-state index contributed by atoms with van der Waals surface area (Å²) in [5.41, 5.74) is 17.7. The fraction of sp³-hybridized carbons (Fsp3) is 0.107. The minimum atomic E-state index is -0.259. The SMILES string of the molecule is CC1(C)c2ccccc2-c2cc(N(c3ccccc3)c3cccc4c3oc3c5c(c6ccccc6c34)C(C)(C)c3cccc(-c4cccc6ccccc46)c3-5)ccc21. The molecule has 0 fully saturated rings. The number of para-hydroxylation sites is 2. The van der Waals surface area contributed by atoms with Crippen LogP contribution < -0.4 is 4.90 Å². The van der Waals surface area contributed by atoms with Gasteiger partial charge in [-0.1, -0.05) is 173 Å². The highest BCUT2D eigenvalue weighted by Crippen LogP contribution is 2.59. The Morgan fingerprint density at radius 3 is 1.88 bits per heavy atom. The van der Waals surface area contributed by atoms with Gasteiger partial charge in [0, 0.05) is 38.5 Å². The quantitative estimate of drug-likeness (QED) is 0.178. The zero-order valence-electron chi connectivity index (χ0n) is 33.1. The molecule has 12 rings (SSSR count). The van der Waals surface area contributed by atoms with Gasteiger partial charge in [-0.3, -0.25) is 0 Å². The van der Waals surface area contributed by atoms with E-state index >= 15 is 0 Å². The van der Waals surface area contributed by atoms with Gasteiger partial charge in [0.1, 0.15) is 5.58 Å². The molecule has 0 radical (unpaired) electrons. The predicted octanol–water partition coefficient (Wildman–Crippen LogP) is 15.6. The number of anilines is 3. The Bertz CT molecular complexity index is 3340. The van der Waals surface area contributed by atoms with Crippen LogP contribution in [0.3, 0.4) is 0 Å². The lowest BCUT2D eigenvalue weighted by Crippen LogP contribution is -2.15. The molecule has 2 aliphatic rings. The summed E-state index contributed by atoms with van der Waals surface area (Å²) in [4.78, 5) is 2.39. The Hall–Kier alpha value is -6.90. The maximum Gasteiger partial charge on any atom is 0.159 e. The first-order valence-electron chi connectivity index (χ1n) is 20.4. The zero-order valence-corrected chi connectivity index (χ0v) is 33.1. The van der Waals surface area contributed by atoms with Crippen LogP contribution >= 0.6 is 0 Å². The van der Waals surface area contributed by atoms with Crippen molar-refractivity contribution in [3.63, 3.8) is 0 Å². The van der Waals surface area contributed by atoms with E-state index in [1.54, 1.807) is 0 Å². The van der Waals surface area contributed by atoms with Crippen LogP contribution in [0, 0.1) is 0 Å². The molecule has 0 bridgehead atoms. The number of rotatable bonds is 4. The highest BCUT2D eigenvalue weighted by molar-refractivity contribution is 6.27. The molecule has 0 N–H and O–H groups in total. The Labute approximate surface area is 338 Å². The molecule has 9 aromatic carbocycles. The summed E-state index contributed by atoms with van der Waals surface area (Å²) < 4.78 is 7.53. The topological polar surface area (TPSA) is 16.4 Å². The second-order valence-corrected chi connectivity index (χ2v) is 17.2. The van der Waals surface area contributed by atoms with Crippen molar-refractivity contribution >= 4 is 60.5 Å². The van der Waals surface area contributed by atoms with E-state index in [9.17, 15) is 0 Å². The molecule has 10 aromatic rings. The normalized spacial score (nSPS) is 14.5. The molecule has 0 spiro atoms. The lowest BCUT2D eigenvalue weighted by Gasteiger charge is -2.27. The van der Waals surface area contributed by atoms with Gasteiger partial charge in [-0.05, 0) is 102 Å². The smallest absolute Gasteiger partial charge is 0.159 e. The molecule has 0 unspecified atom stereocenters. The standard InChI is InChI=1S/C56H41NO/c1-55(2)45-28-13-12-22-39(45)44-33-36(31-32-46(44)55)57(35-19-6-5-7-20-35)48-30-16-27-43-49-41-23-10-11-24-42(41)52-51(54(49)58-53(43)48)50-40(26-15-29-47(50)56(52,3)4)38-25-14-18-34-17-8-9-21-37(34)38/h5-33H,1-4H3. The lowest BCUT2D eigenvalue weighted by atomic mass is 9.79. The van der Waals surface area contributed by atoms with Crippen molar-refractivity contribution in [2.75, 3.05) is 4.90 Å². The molecule has 276 valence electrons. The van der Waals surface area contributed by atoms with E-state index in [0.29, 0.717) is 0 Å². The lowest BCUT2D eigenvalue weighted by molar-refractivity contribution is 0.658. The van der Waals surface area contributed by atoms with Crippen molar-refractivity contribution in [3.8, 4) is 33.4 Å².